The Hall–Kier alpha value is -1.84. The summed E-state index contributed by atoms with van der Waals surface area (Å²) in [5.41, 5.74) is 1.99. The first-order valence-electron chi connectivity index (χ1n) is 7.07. The zero-order chi connectivity index (χ0) is 17.3. The van der Waals surface area contributed by atoms with Crippen molar-refractivity contribution in [1.82, 2.24) is 0 Å². The van der Waals surface area contributed by atoms with Crippen LogP contribution < -0.4 is 0 Å². The minimum absolute atomic E-state index is 0.211. The summed E-state index contributed by atoms with van der Waals surface area (Å²) >= 11 is 0. The number of aryl methyl sites for hydroxylation is 3. The lowest BCUT2D eigenvalue weighted by Gasteiger charge is -2.06. The van der Waals surface area contributed by atoms with Gasteiger partial charge in [0.15, 0.2) is 0 Å². The molecule has 22 heavy (non-hydrogen) atoms. The first-order chi connectivity index (χ1) is 10.2. The average Bonchev–Trinajstić information content (AvgIpc) is 2.47. The molecule has 0 aliphatic rings. The van der Waals surface area contributed by atoms with E-state index in [2.05, 4.69) is 38.1 Å². The van der Waals surface area contributed by atoms with Crippen LogP contribution in [0.5, 0.6) is 0 Å². The average molecular weight is 314 g/mol. The van der Waals surface area contributed by atoms with E-state index in [9.17, 15) is 17.6 Å². The molecule has 4 heteroatoms. The third-order valence-corrected chi connectivity index (χ3v) is 2.92. The molecule has 0 fully saturated rings. The lowest BCUT2D eigenvalue weighted by atomic mass is 10.1. The van der Waals surface area contributed by atoms with Gasteiger partial charge in [0.25, 0.3) is 0 Å². The minimum Gasteiger partial charge on any atom is -0.207 e. The lowest BCUT2D eigenvalue weighted by molar-refractivity contribution is -0.137. The van der Waals surface area contributed by atoms with Crippen LogP contribution in [-0.2, 0) is 6.18 Å². The SMILES string of the molecule is CC.Cc1ccc(C(F)(F)F)cc1F.Cc1ccccc1C. The Morgan fingerprint density at radius 3 is 1.50 bits per heavy atom. The predicted octanol–water partition coefficient (Wildman–Crippen LogP) is 6.48. The van der Waals surface area contributed by atoms with Crippen LogP contribution in [0.1, 0.15) is 36.1 Å². The maximum atomic E-state index is 12.6. The second kappa shape index (κ2) is 9.23. The first kappa shape index (κ1) is 20.2. The topological polar surface area (TPSA) is 0 Å². The van der Waals surface area contributed by atoms with Crippen molar-refractivity contribution in [2.45, 2.75) is 40.8 Å². The van der Waals surface area contributed by atoms with Crippen molar-refractivity contribution in [1.29, 1.82) is 0 Å². The van der Waals surface area contributed by atoms with Crippen molar-refractivity contribution < 1.29 is 17.6 Å². The molecule has 0 nitrogen and oxygen atoms in total. The molecule has 0 radical (unpaired) electrons. The van der Waals surface area contributed by atoms with Gasteiger partial charge in [-0.1, -0.05) is 44.2 Å². The molecule has 2 rings (SSSR count). The van der Waals surface area contributed by atoms with E-state index in [1.165, 1.54) is 18.1 Å². The van der Waals surface area contributed by atoms with Crippen molar-refractivity contribution in [3.63, 3.8) is 0 Å². The Morgan fingerprint density at radius 2 is 1.18 bits per heavy atom. The fourth-order valence-electron chi connectivity index (χ4n) is 1.43. The molecular formula is C18H22F4. The monoisotopic (exact) mass is 314 g/mol. The number of halogens is 4. The molecule has 0 saturated carbocycles. The van der Waals surface area contributed by atoms with E-state index in [0.29, 0.717) is 6.07 Å². The highest BCUT2D eigenvalue weighted by molar-refractivity contribution is 5.25. The van der Waals surface area contributed by atoms with E-state index in [4.69, 9.17) is 0 Å². The lowest BCUT2D eigenvalue weighted by Crippen LogP contribution is -2.05. The number of alkyl halides is 3. The molecule has 2 aromatic carbocycles. The molecular weight excluding hydrogens is 292 g/mol. The summed E-state index contributed by atoms with van der Waals surface area (Å²) in [6, 6.07) is 10.8. The summed E-state index contributed by atoms with van der Waals surface area (Å²) in [4.78, 5) is 0. The Bertz CT molecular complexity index is 551. The number of hydrogen-bond donors (Lipinski definition) is 0. The second-order valence-corrected chi connectivity index (χ2v) is 4.55. The third-order valence-electron chi connectivity index (χ3n) is 2.92. The van der Waals surface area contributed by atoms with E-state index >= 15 is 0 Å². The number of rotatable bonds is 0. The normalized spacial score (nSPS) is 10.0. The molecule has 0 heterocycles. The van der Waals surface area contributed by atoms with Gasteiger partial charge in [0.2, 0.25) is 0 Å². The van der Waals surface area contributed by atoms with Gasteiger partial charge in [-0.2, -0.15) is 13.2 Å². The van der Waals surface area contributed by atoms with Crippen molar-refractivity contribution >= 4 is 0 Å². The van der Waals surface area contributed by atoms with E-state index in [-0.39, 0.29) is 5.56 Å². The molecule has 0 amide bonds. The quantitative estimate of drug-likeness (QED) is 0.488. The molecule has 0 unspecified atom stereocenters. The highest BCUT2D eigenvalue weighted by Crippen LogP contribution is 2.29. The molecule has 0 bridgehead atoms. The Labute approximate surface area is 129 Å². The summed E-state index contributed by atoms with van der Waals surface area (Å²) in [5, 5.41) is 0. The molecule has 0 spiro atoms. The minimum atomic E-state index is -4.46. The maximum absolute atomic E-state index is 12.6. The standard InChI is InChI=1S/C8H6F4.C8H10.C2H6/c1-5-2-3-6(4-7(5)9)8(10,11)12;1-7-5-3-4-6-8(7)2;1-2/h2-4H,1H3;3-6H,1-2H3;1-2H3. The van der Waals surface area contributed by atoms with Crippen LogP contribution in [0.3, 0.4) is 0 Å². The van der Waals surface area contributed by atoms with Crippen molar-refractivity contribution in [3.05, 3.63) is 70.5 Å². The van der Waals surface area contributed by atoms with Crippen LogP contribution in [0, 0.1) is 26.6 Å². The first-order valence-corrected chi connectivity index (χ1v) is 7.07. The van der Waals surface area contributed by atoms with Crippen LogP contribution in [0.15, 0.2) is 42.5 Å². The van der Waals surface area contributed by atoms with Crippen LogP contribution in [0.4, 0.5) is 17.6 Å². The molecule has 0 saturated heterocycles. The molecule has 0 aromatic heterocycles. The summed E-state index contributed by atoms with van der Waals surface area (Å²) in [6.07, 6.45) is -4.46. The van der Waals surface area contributed by atoms with Crippen LogP contribution >= 0.6 is 0 Å². The highest BCUT2D eigenvalue weighted by Gasteiger charge is 2.30. The molecule has 0 aliphatic heterocycles. The van der Waals surface area contributed by atoms with E-state index in [1.807, 2.05) is 13.8 Å². The smallest absolute Gasteiger partial charge is 0.207 e. The number of hydrogen-bond acceptors (Lipinski definition) is 0. The predicted molar refractivity (Wildman–Crippen MR) is 83.4 cm³/mol. The van der Waals surface area contributed by atoms with Gasteiger partial charge in [-0.25, -0.2) is 4.39 Å². The highest BCUT2D eigenvalue weighted by atomic mass is 19.4. The Kier molecular flexibility index (Phi) is 8.46. The summed E-state index contributed by atoms with van der Waals surface area (Å²) < 4.78 is 48.4. The molecule has 0 aliphatic carbocycles. The van der Waals surface area contributed by atoms with Crippen molar-refractivity contribution in [2.75, 3.05) is 0 Å². The third kappa shape index (κ3) is 6.74. The fourth-order valence-corrected chi connectivity index (χ4v) is 1.43. The largest absolute Gasteiger partial charge is 0.416 e. The van der Waals surface area contributed by atoms with Crippen LogP contribution in [0.25, 0.3) is 0 Å². The fraction of sp³-hybridized carbons (Fsp3) is 0.333. The van der Waals surface area contributed by atoms with Gasteiger partial charge in [0, 0.05) is 0 Å². The van der Waals surface area contributed by atoms with Crippen molar-refractivity contribution in [3.8, 4) is 0 Å². The second-order valence-electron chi connectivity index (χ2n) is 4.55. The van der Waals surface area contributed by atoms with Gasteiger partial charge in [-0.15, -0.1) is 0 Å². The summed E-state index contributed by atoms with van der Waals surface area (Å²) in [6.45, 7) is 9.65. The maximum Gasteiger partial charge on any atom is 0.416 e. The van der Waals surface area contributed by atoms with Gasteiger partial charge in [0.05, 0.1) is 5.56 Å². The van der Waals surface area contributed by atoms with Gasteiger partial charge in [-0.3, -0.25) is 0 Å². The van der Waals surface area contributed by atoms with Crippen molar-refractivity contribution in [2.24, 2.45) is 0 Å². The molecule has 0 atom stereocenters. The Morgan fingerprint density at radius 1 is 0.727 bits per heavy atom. The van der Waals surface area contributed by atoms with E-state index in [0.717, 1.165) is 12.1 Å². The molecule has 122 valence electrons. The van der Waals surface area contributed by atoms with Gasteiger partial charge in [-0.05, 0) is 49.6 Å². The van der Waals surface area contributed by atoms with Gasteiger partial charge < -0.3 is 0 Å². The van der Waals surface area contributed by atoms with Crippen LogP contribution in [0.2, 0.25) is 0 Å². The van der Waals surface area contributed by atoms with Gasteiger partial charge in [0.1, 0.15) is 5.82 Å². The zero-order valence-electron chi connectivity index (χ0n) is 13.6. The van der Waals surface area contributed by atoms with E-state index in [1.54, 1.807) is 0 Å². The van der Waals surface area contributed by atoms with E-state index < -0.39 is 17.6 Å². The Balaban J connectivity index is 0.000000382. The summed E-state index contributed by atoms with van der Waals surface area (Å²) in [7, 11) is 0. The summed E-state index contributed by atoms with van der Waals surface area (Å²) in [5.74, 6) is -0.829. The number of benzene rings is 2. The van der Waals surface area contributed by atoms with Crippen LogP contribution in [-0.4, -0.2) is 0 Å². The zero-order valence-corrected chi connectivity index (χ0v) is 13.6. The molecule has 0 N–H and O–H groups in total. The molecule has 2 aromatic rings. The van der Waals surface area contributed by atoms with Gasteiger partial charge >= 0.3 is 6.18 Å².